The first-order chi connectivity index (χ1) is 21.8. The fraction of sp³-hybridized carbons (Fsp3) is 0. The Balaban J connectivity index is 1.37. The molecule has 0 aliphatic rings. The molecular formula is C44H28. The quantitative estimate of drug-likeness (QED) is 0.150. The highest BCUT2D eigenvalue weighted by Crippen LogP contribution is 2.46. The number of fused-ring (bicyclic) bond motifs is 6. The van der Waals surface area contributed by atoms with Crippen LogP contribution in [0, 0.1) is 0 Å². The molecule has 0 fully saturated rings. The lowest BCUT2D eigenvalue weighted by molar-refractivity contribution is 1.63. The average molecular weight is 557 g/mol. The predicted molar refractivity (Wildman–Crippen MR) is 190 cm³/mol. The molecule has 0 saturated carbocycles. The van der Waals surface area contributed by atoms with Crippen molar-refractivity contribution in [3.05, 3.63) is 170 Å². The van der Waals surface area contributed by atoms with Crippen molar-refractivity contribution < 1.29 is 0 Å². The third-order valence-electron chi connectivity index (χ3n) is 9.22. The third kappa shape index (κ3) is 3.78. The third-order valence-corrected chi connectivity index (χ3v) is 9.22. The lowest BCUT2D eigenvalue weighted by Gasteiger charge is -2.20. The van der Waals surface area contributed by atoms with E-state index in [-0.39, 0.29) is 0 Å². The molecule has 0 nitrogen and oxygen atoms in total. The zero-order chi connectivity index (χ0) is 29.0. The lowest BCUT2D eigenvalue weighted by atomic mass is 9.83. The first-order valence-corrected chi connectivity index (χ1v) is 15.3. The molecule has 0 aliphatic heterocycles. The second kappa shape index (κ2) is 9.93. The summed E-state index contributed by atoms with van der Waals surface area (Å²) in [6, 6.07) is 62.3. The number of hydrogen-bond acceptors (Lipinski definition) is 0. The largest absolute Gasteiger partial charge is 0.0616 e. The van der Waals surface area contributed by atoms with Gasteiger partial charge in [0, 0.05) is 0 Å². The van der Waals surface area contributed by atoms with Crippen molar-refractivity contribution in [2.24, 2.45) is 0 Å². The van der Waals surface area contributed by atoms with Crippen molar-refractivity contribution in [2.45, 2.75) is 0 Å². The zero-order valence-electron chi connectivity index (χ0n) is 24.2. The Morgan fingerprint density at radius 3 is 1.41 bits per heavy atom. The van der Waals surface area contributed by atoms with E-state index in [4.69, 9.17) is 0 Å². The number of benzene rings is 9. The minimum atomic E-state index is 1.23. The maximum atomic E-state index is 2.38. The van der Waals surface area contributed by atoms with Crippen LogP contribution in [0.3, 0.4) is 0 Å². The zero-order valence-corrected chi connectivity index (χ0v) is 24.2. The van der Waals surface area contributed by atoms with E-state index < -0.39 is 0 Å². The van der Waals surface area contributed by atoms with Gasteiger partial charge in [-0.2, -0.15) is 0 Å². The van der Waals surface area contributed by atoms with Crippen LogP contribution >= 0.6 is 0 Å². The van der Waals surface area contributed by atoms with Crippen molar-refractivity contribution in [1.82, 2.24) is 0 Å². The van der Waals surface area contributed by atoms with E-state index in [0.717, 1.165) is 0 Å². The summed E-state index contributed by atoms with van der Waals surface area (Å²) < 4.78 is 0. The van der Waals surface area contributed by atoms with Gasteiger partial charge in [-0.15, -0.1) is 0 Å². The topological polar surface area (TPSA) is 0 Å². The molecule has 9 aromatic rings. The standard InChI is InChI=1S/C44H28/c1-3-18-34-29(12-1)14-10-24-35(34)32-16-9-17-33(28-32)43-37-20-5-7-22-39(37)44(40-23-8-6-21-38(40)43)41-25-11-15-31-27-26-30-13-2-4-19-36(30)42(31)41/h1-28H. The normalized spacial score (nSPS) is 11.6. The molecule has 0 heterocycles. The summed E-state index contributed by atoms with van der Waals surface area (Å²) in [5.74, 6) is 0. The Labute approximate surface area is 256 Å². The summed E-state index contributed by atoms with van der Waals surface area (Å²) in [4.78, 5) is 0. The van der Waals surface area contributed by atoms with Gasteiger partial charge in [0.05, 0.1) is 0 Å². The summed E-state index contributed by atoms with van der Waals surface area (Å²) in [6.45, 7) is 0. The van der Waals surface area contributed by atoms with Crippen molar-refractivity contribution in [1.29, 1.82) is 0 Å². The van der Waals surface area contributed by atoms with E-state index in [9.17, 15) is 0 Å². The molecule has 204 valence electrons. The monoisotopic (exact) mass is 556 g/mol. The Kier molecular flexibility index (Phi) is 5.61. The molecule has 0 atom stereocenters. The van der Waals surface area contributed by atoms with Gasteiger partial charge >= 0.3 is 0 Å². The van der Waals surface area contributed by atoms with E-state index in [0.29, 0.717) is 0 Å². The van der Waals surface area contributed by atoms with Crippen molar-refractivity contribution in [2.75, 3.05) is 0 Å². The fourth-order valence-corrected chi connectivity index (χ4v) is 7.32. The van der Waals surface area contributed by atoms with E-state index in [1.54, 1.807) is 0 Å². The Bertz CT molecular complexity index is 2490. The van der Waals surface area contributed by atoms with Gasteiger partial charge in [-0.3, -0.25) is 0 Å². The molecule has 0 radical (unpaired) electrons. The molecule has 0 amide bonds. The minimum absolute atomic E-state index is 1.23. The summed E-state index contributed by atoms with van der Waals surface area (Å²) in [5, 5.41) is 12.8. The van der Waals surface area contributed by atoms with E-state index in [1.165, 1.54) is 87.2 Å². The second-order valence-corrected chi connectivity index (χ2v) is 11.6. The maximum absolute atomic E-state index is 2.38. The van der Waals surface area contributed by atoms with Crippen LogP contribution in [0.4, 0.5) is 0 Å². The van der Waals surface area contributed by atoms with Crippen LogP contribution in [0.25, 0.3) is 87.2 Å². The van der Waals surface area contributed by atoms with Gasteiger partial charge in [0.2, 0.25) is 0 Å². The van der Waals surface area contributed by atoms with Crippen LogP contribution in [-0.2, 0) is 0 Å². The highest BCUT2D eigenvalue weighted by Gasteiger charge is 2.19. The summed E-state index contributed by atoms with van der Waals surface area (Å²) in [7, 11) is 0. The van der Waals surface area contributed by atoms with Gasteiger partial charge in [-0.25, -0.2) is 0 Å². The molecule has 9 rings (SSSR count). The van der Waals surface area contributed by atoms with Gasteiger partial charge in [0.1, 0.15) is 0 Å². The summed E-state index contributed by atoms with van der Waals surface area (Å²) in [6.07, 6.45) is 0. The average Bonchev–Trinajstić information content (AvgIpc) is 3.10. The smallest absolute Gasteiger partial charge is 0.00199 e. The van der Waals surface area contributed by atoms with Gasteiger partial charge < -0.3 is 0 Å². The van der Waals surface area contributed by atoms with Gasteiger partial charge in [-0.05, 0) is 93.3 Å². The Morgan fingerprint density at radius 2 is 0.705 bits per heavy atom. The van der Waals surface area contributed by atoms with Gasteiger partial charge in [-0.1, -0.05) is 164 Å². The Hall–Kier alpha value is -5.72. The van der Waals surface area contributed by atoms with Crippen LogP contribution < -0.4 is 0 Å². The first kappa shape index (κ1) is 24.8. The lowest BCUT2D eigenvalue weighted by Crippen LogP contribution is -1.92. The van der Waals surface area contributed by atoms with Crippen molar-refractivity contribution in [3.8, 4) is 33.4 Å². The minimum Gasteiger partial charge on any atom is -0.0616 e. The van der Waals surface area contributed by atoms with E-state index >= 15 is 0 Å². The van der Waals surface area contributed by atoms with Crippen LogP contribution in [-0.4, -0.2) is 0 Å². The fourth-order valence-electron chi connectivity index (χ4n) is 7.32. The molecule has 0 N–H and O–H groups in total. The van der Waals surface area contributed by atoms with Crippen LogP contribution in [0.2, 0.25) is 0 Å². The maximum Gasteiger partial charge on any atom is -0.00199 e. The van der Waals surface area contributed by atoms with Gasteiger partial charge in [0.25, 0.3) is 0 Å². The first-order valence-electron chi connectivity index (χ1n) is 15.3. The predicted octanol–water partition coefficient (Wildman–Crippen LogP) is 12.5. The molecule has 0 heteroatoms. The van der Waals surface area contributed by atoms with Crippen LogP contribution in [0.15, 0.2) is 170 Å². The molecule has 0 bridgehead atoms. The van der Waals surface area contributed by atoms with Crippen LogP contribution in [0.1, 0.15) is 0 Å². The highest BCUT2D eigenvalue weighted by molar-refractivity contribution is 6.26. The van der Waals surface area contributed by atoms with Crippen molar-refractivity contribution >= 4 is 53.9 Å². The molecule has 0 spiro atoms. The van der Waals surface area contributed by atoms with Crippen LogP contribution in [0.5, 0.6) is 0 Å². The van der Waals surface area contributed by atoms with E-state index in [2.05, 4.69) is 170 Å². The molecule has 0 aliphatic carbocycles. The molecule has 9 aromatic carbocycles. The SMILES string of the molecule is c1cc(-c2cccc3ccccc23)cc(-c2c3ccccc3c(-c3cccc4ccc5ccccc5c34)c3ccccc23)c1. The number of hydrogen-bond donors (Lipinski definition) is 0. The summed E-state index contributed by atoms with van der Waals surface area (Å²) >= 11 is 0. The molecule has 0 saturated heterocycles. The molecular weight excluding hydrogens is 528 g/mol. The molecule has 0 aromatic heterocycles. The summed E-state index contributed by atoms with van der Waals surface area (Å²) in [5.41, 5.74) is 7.59. The number of rotatable bonds is 3. The second-order valence-electron chi connectivity index (χ2n) is 11.6. The Morgan fingerprint density at radius 1 is 0.250 bits per heavy atom. The van der Waals surface area contributed by atoms with Gasteiger partial charge in [0.15, 0.2) is 0 Å². The molecule has 44 heavy (non-hydrogen) atoms. The van der Waals surface area contributed by atoms with Crippen molar-refractivity contribution in [3.63, 3.8) is 0 Å². The van der Waals surface area contributed by atoms with E-state index in [1.807, 2.05) is 0 Å². The highest BCUT2D eigenvalue weighted by atomic mass is 14.2. The molecule has 0 unspecified atom stereocenters.